The molecule has 0 aromatic heterocycles. The molecule has 2 amide bonds. The van der Waals surface area contributed by atoms with Gasteiger partial charge in [-0.25, -0.2) is 4.79 Å². The van der Waals surface area contributed by atoms with Crippen molar-refractivity contribution in [2.45, 2.75) is 107 Å². The zero-order valence-corrected chi connectivity index (χ0v) is 30.9. The predicted molar refractivity (Wildman–Crippen MR) is 184 cm³/mol. The van der Waals surface area contributed by atoms with E-state index in [1.165, 1.54) is 19.1 Å². The van der Waals surface area contributed by atoms with Crippen LogP contribution in [-0.4, -0.2) is 102 Å². The molecule has 1 aromatic carbocycles. The molecule has 4 heterocycles. The van der Waals surface area contributed by atoms with Gasteiger partial charge in [-0.1, -0.05) is 23.3 Å². The molecule has 6 bridgehead atoms. The van der Waals surface area contributed by atoms with Crippen molar-refractivity contribution in [2.75, 3.05) is 44.4 Å². The van der Waals surface area contributed by atoms with Crippen LogP contribution in [0.5, 0.6) is 5.75 Å². The highest BCUT2D eigenvalue weighted by Gasteiger charge is 2.63. The van der Waals surface area contributed by atoms with Crippen LogP contribution in [0, 0.1) is 0 Å². The number of carbonyl (C=O) groups excluding carboxylic acids is 3. The molecule has 1 unspecified atom stereocenters. The van der Waals surface area contributed by atoms with Gasteiger partial charge in [-0.2, -0.15) is 0 Å². The minimum Gasteiger partial charge on any atom is -0.495 e. The molecule has 0 saturated carbocycles. The predicted octanol–water partition coefficient (Wildman–Crippen LogP) is 4.09. The zero-order valence-electron chi connectivity index (χ0n) is 29.2. The van der Waals surface area contributed by atoms with Crippen LogP contribution < -0.4 is 15.0 Å². The average molecular weight is 715 g/mol. The van der Waals surface area contributed by atoms with Crippen molar-refractivity contribution in [3.8, 4) is 5.75 Å². The summed E-state index contributed by atoms with van der Waals surface area (Å²) in [5.41, 5.74) is -1.63. The smallest absolute Gasteiger partial charge is 0.409 e. The van der Waals surface area contributed by atoms with Gasteiger partial charge in [0, 0.05) is 39.2 Å². The number of ether oxygens (including phenoxy) is 5. The molecule has 0 aliphatic carbocycles. The van der Waals surface area contributed by atoms with Gasteiger partial charge in [0.25, 0.3) is 0 Å². The van der Waals surface area contributed by atoms with Crippen LogP contribution in [0.15, 0.2) is 23.8 Å². The number of halogens is 1. The summed E-state index contributed by atoms with van der Waals surface area (Å²) >= 11 is 6.72. The van der Waals surface area contributed by atoms with Crippen LogP contribution in [0.2, 0.25) is 5.02 Å². The quantitative estimate of drug-likeness (QED) is 0.214. The number of hydrogen-bond acceptors (Lipinski definition) is 10. The van der Waals surface area contributed by atoms with E-state index in [4.69, 9.17) is 35.3 Å². The van der Waals surface area contributed by atoms with Crippen LogP contribution in [0.1, 0.15) is 71.3 Å². The van der Waals surface area contributed by atoms with Gasteiger partial charge in [-0.05, 0) is 76.7 Å². The molecule has 2 fully saturated rings. The number of aliphatic hydroxyl groups is 1. The maximum absolute atomic E-state index is 13.9. The second-order valence-corrected chi connectivity index (χ2v) is 18.2. The number of nitrogens with one attached hydrogen (secondary N) is 1. The summed E-state index contributed by atoms with van der Waals surface area (Å²) in [6, 6.07) is 3.65. The number of nitrogens with zero attached hydrogens (tertiary/aromatic N) is 1. The van der Waals surface area contributed by atoms with E-state index < -0.39 is 57.2 Å². The van der Waals surface area contributed by atoms with Crippen LogP contribution >= 0.6 is 11.6 Å². The van der Waals surface area contributed by atoms with E-state index in [0.29, 0.717) is 42.9 Å². The van der Waals surface area contributed by atoms with Gasteiger partial charge >= 0.3 is 12.1 Å². The van der Waals surface area contributed by atoms with E-state index in [2.05, 4.69) is 5.32 Å². The molecule has 4 aliphatic heterocycles. The number of anilines is 1. The largest absolute Gasteiger partial charge is 0.495 e. The number of carbonyl (C=O) groups is 3. The minimum absolute atomic E-state index is 0.0170. The number of esters is 1. The lowest BCUT2D eigenvalue weighted by molar-refractivity contribution is -0.329. The van der Waals surface area contributed by atoms with E-state index >= 15 is 0 Å². The highest BCUT2D eigenvalue weighted by molar-refractivity contribution is 8.01. The molecule has 5 rings (SSSR count). The van der Waals surface area contributed by atoms with Gasteiger partial charge in [-0.15, -0.1) is 9.93 Å². The molecular weight excluding hydrogens is 664 g/mol. The van der Waals surface area contributed by atoms with Crippen LogP contribution in [0.3, 0.4) is 0 Å². The fourth-order valence-electron chi connectivity index (χ4n) is 7.04. The second-order valence-electron chi connectivity index (χ2n) is 14.2. The Balaban J connectivity index is 1.73. The first-order chi connectivity index (χ1) is 22.3. The number of thiol groups is 1. The SMILES string of the molecule is COc1cc2cc(c1Cl)N(C)C(=O)C[C@H](OC(=O)CCC[SH](C)(C)=O)[C@@]1(C)CC(C)(O1)[C@@H]1C[C@@](O)(NC(=O)O1)[C@H](OC)CC/C=C(\C)C2. The van der Waals surface area contributed by atoms with Crippen molar-refractivity contribution in [1.82, 2.24) is 5.32 Å². The molecule has 48 heavy (non-hydrogen) atoms. The van der Waals surface area contributed by atoms with Crippen molar-refractivity contribution in [3.05, 3.63) is 34.4 Å². The highest BCUT2D eigenvalue weighted by atomic mass is 35.5. The first-order valence-corrected chi connectivity index (χ1v) is 19.4. The van der Waals surface area contributed by atoms with Crippen LogP contribution in [0.4, 0.5) is 10.5 Å². The first-order valence-electron chi connectivity index (χ1n) is 16.3. The molecule has 2 N–H and O–H groups in total. The third-order valence-electron chi connectivity index (χ3n) is 9.56. The number of alkyl carbamates (subject to hydrolysis) is 1. The lowest BCUT2D eigenvalue weighted by Crippen LogP contribution is -2.72. The molecule has 12 nitrogen and oxygen atoms in total. The van der Waals surface area contributed by atoms with E-state index in [1.807, 2.05) is 25.1 Å². The van der Waals surface area contributed by atoms with Crippen molar-refractivity contribution in [2.24, 2.45) is 0 Å². The standard InChI is InChI=1S/C34H51ClN2O10S/c1-21-11-9-12-25(44-6)34(41)19-27(46-31(40)36-34)33(3)20-32(2,47-33)26(45-29(39)13-10-14-48(7,8)42)18-28(38)37(4)23-16-22(15-21)17-24(43-5)30(23)35/h11,16-17,25-27,41,48H,9-10,12-15,18-20H2,1-8H3,(H,36,40)/b21-11+/t25-,26+,27+,32-,33?,34+/m1/s1. The molecule has 14 heteroatoms. The number of methoxy groups -OCH3 is 2. The number of rotatable bonds is 7. The fourth-order valence-corrected chi connectivity index (χ4v) is 8.27. The molecule has 270 valence electrons. The van der Waals surface area contributed by atoms with Crippen molar-refractivity contribution < 1.29 is 47.4 Å². The molecule has 0 radical (unpaired) electrons. The molecular formula is C34H51ClN2O10S. The lowest BCUT2D eigenvalue weighted by atomic mass is 9.72. The minimum atomic E-state index is -2.33. The van der Waals surface area contributed by atoms with Crippen molar-refractivity contribution >= 4 is 45.2 Å². The van der Waals surface area contributed by atoms with E-state index in [9.17, 15) is 23.7 Å². The van der Waals surface area contributed by atoms with Gasteiger partial charge in [0.2, 0.25) is 5.91 Å². The number of amides is 2. The Bertz CT molecular complexity index is 1470. The Hall–Kier alpha value is -2.71. The number of allylic oxidation sites excluding steroid dienone is 2. The van der Waals surface area contributed by atoms with E-state index in [1.54, 1.807) is 33.4 Å². The van der Waals surface area contributed by atoms with Gasteiger partial charge in [0.15, 0.2) is 5.72 Å². The molecule has 2 saturated heterocycles. The summed E-state index contributed by atoms with van der Waals surface area (Å²) in [6.45, 7) is 5.48. The third-order valence-corrected chi connectivity index (χ3v) is 11.3. The Labute approximate surface area is 289 Å². The number of benzene rings is 1. The molecule has 1 aromatic rings. The highest BCUT2D eigenvalue weighted by Crippen LogP contribution is 2.50. The Morgan fingerprint density at radius 2 is 1.88 bits per heavy atom. The van der Waals surface area contributed by atoms with Crippen molar-refractivity contribution in [1.29, 1.82) is 0 Å². The average Bonchev–Trinajstić information content (AvgIpc) is 2.96. The van der Waals surface area contributed by atoms with Crippen LogP contribution in [0.25, 0.3) is 0 Å². The maximum Gasteiger partial charge on any atom is 0.409 e. The summed E-state index contributed by atoms with van der Waals surface area (Å²) in [6.07, 6.45) is 3.80. The van der Waals surface area contributed by atoms with E-state index in [0.717, 1.165) is 11.1 Å². The monoisotopic (exact) mass is 714 g/mol. The fraction of sp³-hybridized carbons (Fsp3) is 0.676. The Kier molecular flexibility index (Phi) is 11.6. The molecule has 0 spiro atoms. The van der Waals surface area contributed by atoms with E-state index in [-0.39, 0.29) is 36.6 Å². The van der Waals surface area contributed by atoms with Gasteiger partial charge in [0.1, 0.15) is 40.3 Å². The Morgan fingerprint density at radius 1 is 1.19 bits per heavy atom. The molecule has 4 aliphatic rings. The maximum atomic E-state index is 13.9. The Morgan fingerprint density at radius 3 is 2.50 bits per heavy atom. The second kappa shape index (κ2) is 14.6. The summed E-state index contributed by atoms with van der Waals surface area (Å²) in [7, 11) is 2.26. The lowest BCUT2D eigenvalue weighted by Gasteiger charge is -2.59. The van der Waals surface area contributed by atoms with Crippen molar-refractivity contribution in [3.63, 3.8) is 0 Å². The van der Waals surface area contributed by atoms with Gasteiger partial charge in [0.05, 0.1) is 19.2 Å². The summed E-state index contributed by atoms with van der Waals surface area (Å²) in [4.78, 5) is 41.3. The first kappa shape index (κ1) is 38.1. The van der Waals surface area contributed by atoms with Gasteiger partial charge in [-0.3, -0.25) is 19.1 Å². The third kappa shape index (κ3) is 8.71. The number of hydrogen-bond donors (Lipinski definition) is 3. The summed E-state index contributed by atoms with van der Waals surface area (Å²) in [5.74, 6) is -0.132. The van der Waals surface area contributed by atoms with Crippen LogP contribution in [-0.2, 0) is 44.9 Å². The zero-order chi connectivity index (χ0) is 35.7. The number of fused-ring (bicyclic) bond motifs is 7. The molecule has 6 atom stereocenters. The topological polar surface area (TPSA) is 150 Å². The normalized spacial score (nSPS) is 33.0. The van der Waals surface area contributed by atoms with Gasteiger partial charge < -0.3 is 33.7 Å². The summed E-state index contributed by atoms with van der Waals surface area (Å²) < 4.78 is 41.6. The summed E-state index contributed by atoms with van der Waals surface area (Å²) in [5, 5.41) is 14.5.